The second-order valence-corrected chi connectivity index (χ2v) is 7.75. The number of phenols is 1. The Morgan fingerprint density at radius 2 is 1.32 bits per heavy atom. The lowest BCUT2D eigenvalue weighted by Crippen LogP contribution is -2.17. The van der Waals surface area contributed by atoms with Crippen molar-refractivity contribution in [1.82, 2.24) is 0 Å². The van der Waals surface area contributed by atoms with Crippen LogP contribution in [0.15, 0.2) is 54.6 Å². The van der Waals surface area contributed by atoms with E-state index in [2.05, 4.69) is 0 Å². The molecule has 34 heavy (non-hydrogen) atoms. The Morgan fingerprint density at radius 3 is 1.97 bits per heavy atom. The highest BCUT2D eigenvalue weighted by molar-refractivity contribution is 6.00. The number of aryl methyl sites for hydroxylation is 3. The molecule has 3 aromatic carbocycles. The summed E-state index contributed by atoms with van der Waals surface area (Å²) in [5, 5.41) is 20.0. The van der Waals surface area contributed by atoms with E-state index in [0.717, 1.165) is 6.42 Å². The summed E-state index contributed by atoms with van der Waals surface area (Å²) in [5.74, 6) is -3.14. The van der Waals surface area contributed by atoms with Crippen LogP contribution < -0.4 is 9.47 Å². The van der Waals surface area contributed by atoms with Crippen molar-refractivity contribution in [2.45, 2.75) is 40.0 Å². The summed E-state index contributed by atoms with van der Waals surface area (Å²) in [6.07, 6.45) is 1.84. The van der Waals surface area contributed by atoms with Gasteiger partial charge in [0.15, 0.2) is 0 Å². The zero-order valence-electron chi connectivity index (χ0n) is 19.3. The molecule has 176 valence electrons. The summed E-state index contributed by atoms with van der Waals surface area (Å²) in [7, 11) is 0. The van der Waals surface area contributed by atoms with E-state index in [1.807, 2.05) is 13.8 Å². The van der Waals surface area contributed by atoms with Gasteiger partial charge in [-0.2, -0.15) is 0 Å². The molecule has 0 aromatic heterocycles. The van der Waals surface area contributed by atoms with Crippen LogP contribution in [-0.2, 0) is 12.8 Å². The number of aromatic hydroxyl groups is 1. The Morgan fingerprint density at radius 1 is 0.765 bits per heavy atom. The maximum absolute atomic E-state index is 13.1. The normalized spacial score (nSPS) is 10.6. The van der Waals surface area contributed by atoms with Crippen molar-refractivity contribution in [2.75, 3.05) is 0 Å². The van der Waals surface area contributed by atoms with E-state index in [0.29, 0.717) is 29.5 Å². The molecule has 3 rings (SSSR count). The van der Waals surface area contributed by atoms with Crippen LogP contribution in [0.1, 0.15) is 68.0 Å². The number of carbonyl (C=O) groups is 3. The highest BCUT2D eigenvalue weighted by Crippen LogP contribution is 2.31. The van der Waals surface area contributed by atoms with E-state index in [9.17, 15) is 24.6 Å². The predicted molar refractivity (Wildman–Crippen MR) is 126 cm³/mol. The Bertz CT molecular complexity index is 1240. The molecule has 0 heterocycles. The van der Waals surface area contributed by atoms with Gasteiger partial charge in [-0.05, 0) is 54.7 Å². The number of phenolic OH excluding ortho intramolecular Hbond substituents is 1. The maximum Gasteiger partial charge on any atom is 0.347 e. The van der Waals surface area contributed by atoms with Crippen LogP contribution in [0.5, 0.6) is 17.2 Å². The van der Waals surface area contributed by atoms with Gasteiger partial charge >= 0.3 is 17.9 Å². The minimum Gasteiger partial charge on any atom is -0.507 e. The number of ether oxygens (including phenoxy) is 2. The Kier molecular flexibility index (Phi) is 7.68. The molecule has 0 saturated carbocycles. The third-order valence-electron chi connectivity index (χ3n) is 5.39. The predicted octanol–water partition coefficient (Wildman–Crippen LogP) is 5.35. The fourth-order valence-corrected chi connectivity index (χ4v) is 3.62. The number of esters is 2. The Hall–Kier alpha value is -4.13. The number of hydrogen-bond donors (Lipinski definition) is 2. The Labute approximate surface area is 197 Å². The first-order valence-electron chi connectivity index (χ1n) is 11.0. The number of carbonyl (C=O) groups excluding carboxylic acids is 2. The number of benzene rings is 3. The lowest BCUT2D eigenvalue weighted by molar-refractivity contribution is 0.0680. The molecule has 0 bridgehead atoms. The van der Waals surface area contributed by atoms with Crippen LogP contribution in [0, 0.1) is 6.92 Å². The first kappa shape index (κ1) is 24.5. The van der Waals surface area contributed by atoms with Crippen molar-refractivity contribution in [3.05, 3.63) is 88.0 Å². The van der Waals surface area contributed by atoms with Crippen molar-refractivity contribution < 1.29 is 34.1 Å². The van der Waals surface area contributed by atoms with Gasteiger partial charge in [-0.1, -0.05) is 56.7 Å². The lowest BCUT2D eigenvalue weighted by Gasteiger charge is -2.16. The summed E-state index contributed by atoms with van der Waals surface area (Å²) >= 11 is 0. The van der Waals surface area contributed by atoms with E-state index in [1.165, 1.54) is 18.2 Å². The molecule has 3 aromatic rings. The van der Waals surface area contributed by atoms with Gasteiger partial charge in [0.05, 0.1) is 0 Å². The smallest absolute Gasteiger partial charge is 0.347 e. The highest BCUT2D eigenvalue weighted by Gasteiger charge is 2.25. The van der Waals surface area contributed by atoms with Crippen LogP contribution in [0.3, 0.4) is 0 Å². The number of rotatable bonds is 8. The molecule has 0 radical (unpaired) electrons. The minimum absolute atomic E-state index is 0.00533. The first-order valence-corrected chi connectivity index (χ1v) is 11.0. The Balaban J connectivity index is 1.99. The quantitative estimate of drug-likeness (QED) is 0.343. The van der Waals surface area contributed by atoms with Gasteiger partial charge in [0.25, 0.3) is 0 Å². The molecular formula is C27H26O7. The molecule has 0 aliphatic heterocycles. The number of aromatic carboxylic acids is 1. The van der Waals surface area contributed by atoms with Crippen molar-refractivity contribution in [1.29, 1.82) is 0 Å². The van der Waals surface area contributed by atoms with Gasteiger partial charge in [-0.15, -0.1) is 0 Å². The fourth-order valence-electron chi connectivity index (χ4n) is 3.62. The molecule has 0 spiro atoms. The largest absolute Gasteiger partial charge is 0.507 e. The second-order valence-electron chi connectivity index (χ2n) is 7.75. The van der Waals surface area contributed by atoms with Crippen LogP contribution >= 0.6 is 0 Å². The molecule has 0 fully saturated rings. The van der Waals surface area contributed by atoms with E-state index in [-0.39, 0.29) is 33.9 Å². The number of carboxylic acid groups (broad SMARTS) is 1. The summed E-state index contributed by atoms with van der Waals surface area (Å²) in [4.78, 5) is 37.7. The molecule has 0 aliphatic rings. The molecule has 0 saturated heterocycles. The van der Waals surface area contributed by atoms with Gasteiger partial charge < -0.3 is 19.7 Å². The van der Waals surface area contributed by atoms with Gasteiger partial charge in [0.1, 0.15) is 33.9 Å². The van der Waals surface area contributed by atoms with E-state index in [1.54, 1.807) is 43.3 Å². The molecule has 2 N–H and O–H groups in total. The molecule has 0 aliphatic carbocycles. The molecule has 0 amide bonds. The summed E-state index contributed by atoms with van der Waals surface area (Å²) < 4.78 is 11.1. The fraction of sp³-hybridized carbons (Fsp3) is 0.222. The molecule has 7 nitrogen and oxygen atoms in total. The third-order valence-corrected chi connectivity index (χ3v) is 5.39. The molecule has 0 unspecified atom stereocenters. The molecule has 0 atom stereocenters. The molecule has 7 heteroatoms. The maximum atomic E-state index is 13.1. The van der Waals surface area contributed by atoms with E-state index in [4.69, 9.17) is 9.47 Å². The third kappa shape index (κ3) is 5.09. The van der Waals surface area contributed by atoms with Gasteiger partial charge in [-0.3, -0.25) is 0 Å². The van der Waals surface area contributed by atoms with Crippen molar-refractivity contribution >= 4 is 17.9 Å². The topological polar surface area (TPSA) is 110 Å². The highest BCUT2D eigenvalue weighted by atomic mass is 16.6. The molecular weight excluding hydrogens is 436 g/mol. The number of para-hydroxylation sites is 3. The SMILES string of the molecule is CCCc1cccc(C(=O)Oc2c(CC)cccc2C(=O)Oc2c(C)cccc2C(=O)O)c1O. The van der Waals surface area contributed by atoms with Crippen LogP contribution in [0.25, 0.3) is 0 Å². The van der Waals surface area contributed by atoms with E-state index < -0.39 is 17.9 Å². The zero-order valence-corrected chi connectivity index (χ0v) is 19.3. The van der Waals surface area contributed by atoms with Crippen LogP contribution in [0.4, 0.5) is 0 Å². The van der Waals surface area contributed by atoms with Crippen LogP contribution in [0.2, 0.25) is 0 Å². The van der Waals surface area contributed by atoms with Crippen molar-refractivity contribution in [3.63, 3.8) is 0 Å². The van der Waals surface area contributed by atoms with Crippen molar-refractivity contribution in [3.8, 4) is 17.2 Å². The summed E-state index contributed by atoms with van der Waals surface area (Å²) in [6.45, 7) is 5.43. The van der Waals surface area contributed by atoms with Gasteiger partial charge in [0, 0.05) is 0 Å². The lowest BCUT2D eigenvalue weighted by atomic mass is 10.0. The average Bonchev–Trinajstić information content (AvgIpc) is 2.81. The number of carboxylic acids is 1. The second kappa shape index (κ2) is 10.7. The average molecular weight is 462 g/mol. The standard InChI is InChI=1S/C27H26O7/c1-4-9-18-12-8-13-19(22(18)28)26(31)34-24-17(5-2)11-7-15-21(24)27(32)33-23-16(3)10-6-14-20(23)25(29)30/h6-8,10-15,28H,4-5,9H2,1-3H3,(H,29,30). The van der Waals surface area contributed by atoms with Crippen LogP contribution in [-0.4, -0.2) is 28.1 Å². The van der Waals surface area contributed by atoms with Gasteiger partial charge in [0.2, 0.25) is 0 Å². The zero-order chi connectivity index (χ0) is 24.8. The first-order chi connectivity index (χ1) is 16.3. The monoisotopic (exact) mass is 462 g/mol. The number of hydrogen-bond acceptors (Lipinski definition) is 6. The van der Waals surface area contributed by atoms with E-state index >= 15 is 0 Å². The summed E-state index contributed by atoms with van der Waals surface area (Å²) in [5.41, 5.74) is 1.48. The summed E-state index contributed by atoms with van der Waals surface area (Å²) in [6, 6.07) is 14.2. The van der Waals surface area contributed by atoms with Gasteiger partial charge in [-0.25, -0.2) is 14.4 Å². The van der Waals surface area contributed by atoms with Crippen molar-refractivity contribution in [2.24, 2.45) is 0 Å². The minimum atomic E-state index is -1.23.